The second-order valence-electron chi connectivity index (χ2n) is 5.62. The van der Waals surface area contributed by atoms with E-state index in [-0.39, 0.29) is 0 Å². The van der Waals surface area contributed by atoms with Crippen molar-refractivity contribution < 1.29 is 14.2 Å². The summed E-state index contributed by atoms with van der Waals surface area (Å²) in [5.74, 6) is 3.02. The summed E-state index contributed by atoms with van der Waals surface area (Å²) in [7, 11) is 3.30. The van der Waals surface area contributed by atoms with Gasteiger partial charge in [0, 0.05) is 10.8 Å². The summed E-state index contributed by atoms with van der Waals surface area (Å²) in [6.07, 6.45) is 0. The number of ether oxygens (including phenoxy) is 3. The van der Waals surface area contributed by atoms with Crippen LogP contribution in [0.25, 0.3) is 21.8 Å². The number of rotatable bonds is 4. The Hall–Kier alpha value is -3.27. The van der Waals surface area contributed by atoms with E-state index in [1.54, 1.807) is 14.2 Å². The van der Waals surface area contributed by atoms with Gasteiger partial charge in [-0.15, -0.1) is 0 Å². The summed E-state index contributed by atoms with van der Waals surface area (Å²) in [6.45, 7) is 0. The fraction of sp³-hybridized carbons (Fsp3) is 0.0952. The molecule has 0 amide bonds. The van der Waals surface area contributed by atoms with Gasteiger partial charge in [0.05, 0.1) is 25.3 Å². The van der Waals surface area contributed by atoms with Crippen LogP contribution in [0.1, 0.15) is 0 Å². The molecule has 0 aliphatic rings. The SMILES string of the molecule is COc1ccc2nc3ccc(OC)cc3c(Oc3ccccc3)c2c1. The Morgan fingerprint density at radius 1 is 0.640 bits per heavy atom. The van der Waals surface area contributed by atoms with Crippen LogP contribution >= 0.6 is 0 Å². The Morgan fingerprint density at radius 3 is 1.72 bits per heavy atom. The normalized spacial score (nSPS) is 10.8. The van der Waals surface area contributed by atoms with E-state index in [1.807, 2.05) is 66.7 Å². The lowest BCUT2D eigenvalue weighted by atomic mass is 10.1. The maximum absolute atomic E-state index is 6.25. The van der Waals surface area contributed by atoms with Crippen molar-refractivity contribution >= 4 is 21.8 Å². The molecule has 0 spiro atoms. The Morgan fingerprint density at radius 2 is 1.20 bits per heavy atom. The highest BCUT2D eigenvalue weighted by molar-refractivity contribution is 6.02. The van der Waals surface area contributed by atoms with Crippen LogP contribution in [0.15, 0.2) is 66.7 Å². The van der Waals surface area contributed by atoms with Crippen LogP contribution in [0.3, 0.4) is 0 Å². The second kappa shape index (κ2) is 6.32. The molecule has 0 radical (unpaired) electrons. The molecular formula is C21H17NO3. The zero-order valence-electron chi connectivity index (χ0n) is 14.0. The van der Waals surface area contributed by atoms with Crippen molar-refractivity contribution in [2.24, 2.45) is 0 Å². The van der Waals surface area contributed by atoms with Gasteiger partial charge >= 0.3 is 0 Å². The number of hydrogen-bond acceptors (Lipinski definition) is 4. The monoisotopic (exact) mass is 331 g/mol. The molecule has 4 heteroatoms. The van der Waals surface area contributed by atoms with E-state index >= 15 is 0 Å². The number of pyridine rings is 1. The van der Waals surface area contributed by atoms with Gasteiger partial charge in [-0.3, -0.25) is 0 Å². The fourth-order valence-corrected chi connectivity index (χ4v) is 2.83. The highest BCUT2D eigenvalue weighted by atomic mass is 16.5. The maximum Gasteiger partial charge on any atom is 0.146 e. The van der Waals surface area contributed by atoms with Gasteiger partial charge in [-0.05, 0) is 48.5 Å². The number of methoxy groups -OCH3 is 2. The first kappa shape index (κ1) is 15.3. The molecule has 1 heterocycles. The first-order valence-corrected chi connectivity index (χ1v) is 7.97. The van der Waals surface area contributed by atoms with Crippen LogP contribution in [-0.2, 0) is 0 Å². The molecule has 0 unspecified atom stereocenters. The molecular weight excluding hydrogens is 314 g/mol. The van der Waals surface area contributed by atoms with Gasteiger partial charge in [-0.1, -0.05) is 18.2 Å². The molecule has 25 heavy (non-hydrogen) atoms. The molecule has 0 aliphatic heterocycles. The molecule has 0 N–H and O–H groups in total. The molecule has 0 atom stereocenters. The number of nitrogens with zero attached hydrogens (tertiary/aromatic N) is 1. The molecule has 124 valence electrons. The molecule has 0 aliphatic carbocycles. The molecule has 1 aromatic heterocycles. The minimum atomic E-state index is 0.740. The predicted octanol–water partition coefficient (Wildman–Crippen LogP) is 5.20. The van der Waals surface area contributed by atoms with E-state index in [2.05, 4.69) is 0 Å². The van der Waals surface area contributed by atoms with E-state index in [0.717, 1.165) is 44.8 Å². The van der Waals surface area contributed by atoms with Crippen molar-refractivity contribution in [1.29, 1.82) is 0 Å². The minimum Gasteiger partial charge on any atom is -0.497 e. The highest BCUT2D eigenvalue weighted by Gasteiger charge is 2.13. The second-order valence-corrected chi connectivity index (χ2v) is 5.62. The smallest absolute Gasteiger partial charge is 0.146 e. The van der Waals surface area contributed by atoms with E-state index in [9.17, 15) is 0 Å². The van der Waals surface area contributed by atoms with Gasteiger partial charge in [-0.25, -0.2) is 4.98 Å². The van der Waals surface area contributed by atoms with Crippen molar-refractivity contribution in [2.75, 3.05) is 14.2 Å². The molecule has 0 saturated heterocycles. The third kappa shape index (κ3) is 2.83. The Labute approximate surface area is 145 Å². The quantitative estimate of drug-likeness (QED) is 0.482. The van der Waals surface area contributed by atoms with E-state index in [0.29, 0.717) is 0 Å². The van der Waals surface area contributed by atoms with Crippen LogP contribution in [0.5, 0.6) is 23.0 Å². The van der Waals surface area contributed by atoms with Crippen molar-refractivity contribution in [3.8, 4) is 23.0 Å². The Kier molecular flexibility index (Phi) is 3.86. The van der Waals surface area contributed by atoms with Gasteiger partial charge < -0.3 is 14.2 Å². The topological polar surface area (TPSA) is 40.6 Å². The first-order valence-electron chi connectivity index (χ1n) is 7.97. The summed E-state index contributed by atoms with van der Waals surface area (Å²) < 4.78 is 17.0. The van der Waals surface area contributed by atoms with Crippen molar-refractivity contribution in [2.45, 2.75) is 0 Å². The van der Waals surface area contributed by atoms with Crippen LogP contribution in [0.2, 0.25) is 0 Å². The molecule has 0 fully saturated rings. The highest BCUT2D eigenvalue weighted by Crippen LogP contribution is 2.38. The van der Waals surface area contributed by atoms with Crippen LogP contribution < -0.4 is 14.2 Å². The molecule has 3 aromatic carbocycles. The van der Waals surface area contributed by atoms with E-state index in [4.69, 9.17) is 19.2 Å². The third-order valence-electron chi connectivity index (χ3n) is 4.10. The van der Waals surface area contributed by atoms with Crippen LogP contribution in [0, 0.1) is 0 Å². The number of benzene rings is 3. The van der Waals surface area contributed by atoms with Crippen molar-refractivity contribution in [3.63, 3.8) is 0 Å². The summed E-state index contributed by atoms with van der Waals surface area (Å²) in [5, 5.41) is 1.79. The molecule has 4 rings (SSSR count). The summed E-state index contributed by atoms with van der Waals surface area (Å²) in [4.78, 5) is 4.74. The molecule has 0 saturated carbocycles. The maximum atomic E-state index is 6.25. The minimum absolute atomic E-state index is 0.740. The largest absolute Gasteiger partial charge is 0.497 e. The van der Waals surface area contributed by atoms with Gasteiger partial charge in [0.25, 0.3) is 0 Å². The molecule has 0 bridgehead atoms. The van der Waals surface area contributed by atoms with Gasteiger partial charge in [0.1, 0.15) is 23.0 Å². The standard InChI is InChI=1S/C21H17NO3/c1-23-15-8-10-19-17(12-15)21(25-14-6-4-3-5-7-14)18-13-16(24-2)9-11-20(18)22-19/h3-13H,1-2H3. The number of fused-ring (bicyclic) bond motifs is 2. The average Bonchev–Trinajstić information content (AvgIpc) is 2.68. The zero-order valence-corrected chi connectivity index (χ0v) is 14.0. The summed E-state index contributed by atoms with van der Waals surface area (Å²) >= 11 is 0. The van der Waals surface area contributed by atoms with Gasteiger partial charge in [0.2, 0.25) is 0 Å². The molecule has 4 nitrogen and oxygen atoms in total. The van der Waals surface area contributed by atoms with Crippen molar-refractivity contribution in [1.82, 2.24) is 4.98 Å². The summed E-state index contributed by atoms with van der Waals surface area (Å²) in [5.41, 5.74) is 1.70. The Bertz CT molecular complexity index is 983. The third-order valence-corrected chi connectivity index (χ3v) is 4.10. The summed E-state index contributed by atoms with van der Waals surface area (Å²) in [6, 6.07) is 21.3. The zero-order chi connectivity index (χ0) is 17.2. The van der Waals surface area contributed by atoms with E-state index < -0.39 is 0 Å². The molecule has 4 aromatic rings. The lowest BCUT2D eigenvalue weighted by Crippen LogP contribution is -1.93. The average molecular weight is 331 g/mol. The number of para-hydroxylation sites is 1. The fourth-order valence-electron chi connectivity index (χ4n) is 2.83. The lowest BCUT2D eigenvalue weighted by molar-refractivity contribution is 0.415. The van der Waals surface area contributed by atoms with Gasteiger partial charge in [0.15, 0.2) is 0 Å². The van der Waals surface area contributed by atoms with Crippen LogP contribution in [0.4, 0.5) is 0 Å². The lowest BCUT2D eigenvalue weighted by Gasteiger charge is -2.14. The van der Waals surface area contributed by atoms with Crippen LogP contribution in [-0.4, -0.2) is 19.2 Å². The van der Waals surface area contributed by atoms with Crippen molar-refractivity contribution in [3.05, 3.63) is 66.7 Å². The van der Waals surface area contributed by atoms with E-state index in [1.165, 1.54) is 0 Å². The van der Waals surface area contributed by atoms with Gasteiger partial charge in [-0.2, -0.15) is 0 Å². The number of hydrogen-bond donors (Lipinski definition) is 0. The Balaban J connectivity index is 2.03. The number of aromatic nitrogens is 1. The predicted molar refractivity (Wildman–Crippen MR) is 98.9 cm³/mol. The first-order chi connectivity index (χ1) is 12.3.